The SMILES string of the molecule is Cc1ccc(C2C3C=CC4(O3)C2C(=O)N(c2cccc(C)c2)C4C(=O)NC2CCCC2)cc1. The minimum Gasteiger partial charge on any atom is -0.359 e. The van der Waals surface area contributed by atoms with Gasteiger partial charge in [0.05, 0.1) is 12.0 Å². The van der Waals surface area contributed by atoms with Crippen LogP contribution >= 0.6 is 0 Å². The second kappa shape index (κ2) is 7.56. The first-order chi connectivity index (χ1) is 16.0. The van der Waals surface area contributed by atoms with Gasteiger partial charge in [0.1, 0.15) is 11.6 Å². The molecular formula is C28H30N2O3. The van der Waals surface area contributed by atoms with Crippen molar-refractivity contribution in [2.75, 3.05) is 4.90 Å². The Labute approximate surface area is 194 Å². The van der Waals surface area contributed by atoms with E-state index in [1.807, 2.05) is 37.3 Å². The van der Waals surface area contributed by atoms with Gasteiger partial charge in [0.15, 0.2) is 0 Å². The number of carbonyl (C=O) groups excluding carboxylic acids is 2. The number of hydrogen-bond donors (Lipinski definition) is 1. The van der Waals surface area contributed by atoms with Gasteiger partial charge in [0.25, 0.3) is 0 Å². The number of rotatable bonds is 4. The van der Waals surface area contributed by atoms with Gasteiger partial charge in [-0.25, -0.2) is 0 Å². The van der Waals surface area contributed by atoms with E-state index in [0.29, 0.717) is 0 Å². The number of hydrogen-bond acceptors (Lipinski definition) is 3. The molecule has 4 aliphatic rings. The highest BCUT2D eigenvalue weighted by Gasteiger charge is 2.71. The van der Waals surface area contributed by atoms with E-state index in [9.17, 15) is 9.59 Å². The number of fused-ring (bicyclic) bond motifs is 1. The van der Waals surface area contributed by atoms with Crippen LogP contribution in [0.1, 0.15) is 48.3 Å². The highest BCUT2D eigenvalue weighted by molar-refractivity contribution is 6.09. The lowest BCUT2D eigenvalue weighted by molar-refractivity contribution is -0.127. The zero-order valence-electron chi connectivity index (χ0n) is 19.2. The van der Waals surface area contributed by atoms with Gasteiger partial charge in [0.2, 0.25) is 11.8 Å². The summed E-state index contributed by atoms with van der Waals surface area (Å²) in [7, 11) is 0. The van der Waals surface area contributed by atoms with Crippen LogP contribution in [0.2, 0.25) is 0 Å². The van der Waals surface area contributed by atoms with Crippen molar-refractivity contribution in [3.63, 3.8) is 0 Å². The molecule has 5 heteroatoms. The number of amides is 2. The summed E-state index contributed by atoms with van der Waals surface area (Å²) >= 11 is 0. The molecule has 5 nitrogen and oxygen atoms in total. The van der Waals surface area contributed by atoms with E-state index in [1.54, 1.807) is 4.90 Å². The number of nitrogens with zero attached hydrogens (tertiary/aromatic N) is 1. The fourth-order valence-corrected chi connectivity index (χ4v) is 6.45. The minimum absolute atomic E-state index is 0.0235. The summed E-state index contributed by atoms with van der Waals surface area (Å²) in [6, 6.07) is 15.7. The first kappa shape index (κ1) is 20.7. The second-order valence-corrected chi connectivity index (χ2v) is 10.1. The minimum atomic E-state index is -0.941. The first-order valence-electron chi connectivity index (χ1n) is 12.1. The summed E-state index contributed by atoms with van der Waals surface area (Å²) < 4.78 is 6.60. The maximum Gasteiger partial charge on any atom is 0.246 e. The number of aryl methyl sites for hydroxylation is 2. The van der Waals surface area contributed by atoms with Crippen LogP contribution in [0.15, 0.2) is 60.7 Å². The van der Waals surface area contributed by atoms with E-state index in [2.05, 4.69) is 42.6 Å². The molecule has 2 bridgehead atoms. The van der Waals surface area contributed by atoms with Crippen molar-refractivity contribution in [1.82, 2.24) is 5.32 Å². The molecule has 3 heterocycles. The van der Waals surface area contributed by atoms with Gasteiger partial charge in [-0.1, -0.05) is 67.0 Å². The molecule has 3 aliphatic heterocycles. The molecule has 5 unspecified atom stereocenters. The Morgan fingerprint density at radius 1 is 1.06 bits per heavy atom. The number of ether oxygens (including phenoxy) is 1. The molecule has 2 amide bonds. The largest absolute Gasteiger partial charge is 0.359 e. The molecule has 2 aromatic rings. The summed E-state index contributed by atoms with van der Waals surface area (Å²) in [6.07, 6.45) is 8.14. The maximum atomic E-state index is 14.1. The van der Waals surface area contributed by atoms with Gasteiger partial charge in [-0.05, 0) is 49.9 Å². The summed E-state index contributed by atoms with van der Waals surface area (Å²) in [5, 5.41) is 3.26. The normalized spacial score (nSPS) is 32.5. The predicted molar refractivity (Wildman–Crippen MR) is 127 cm³/mol. The Bertz CT molecular complexity index is 1130. The molecule has 170 valence electrons. The fraction of sp³-hybridized carbons (Fsp3) is 0.429. The molecule has 1 spiro atoms. The third-order valence-corrected chi connectivity index (χ3v) is 7.97. The van der Waals surface area contributed by atoms with E-state index >= 15 is 0 Å². The maximum absolute atomic E-state index is 14.1. The molecule has 1 saturated carbocycles. The molecule has 2 aromatic carbocycles. The standard InChI is InChI=1S/C28H30N2O3/c1-17-10-12-19(13-11-17)23-22-14-15-28(33-22)24(23)27(32)30(21-9-5-6-18(2)16-21)25(28)26(31)29-20-7-3-4-8-20/h5-6,9-16,20,22-25H,3-4,7-8H2,1-2H3,(H,29,31). The van der Waals surface area contributed by atoms with Crippen molar-refractivity contribution >= 4 is 17.5 Å². The number of nitrogens with one attached hydrogen (secondary N) is 1. The van der Waals surface area contributed by atoms with Crippen molar-refractivity contribution in [2.45, 2.75) is 69.2 Å². The molecule has 33 heavy (non-hydrogen) atoms. The summed E-state index contributed by atoms with van der Waals surface area (Å²) in [5.41, 5.74) is 3.15. The highest BCUT2D eigenvalue weighted by Crippen LogP contribution is 2.59. The van der Waals surface area contributed by atoms with E-state index in [1.165, 1.54) is 5.56 Å². The van der Waals surface area contributed by atoms with Crippen LogP contribution in [0.3, 0.4) is 0 Å². The molecular weight excluding hydrogens is 412 g/mol. The van der Waals surface area contributed by atoms with Crippen LogP contribution in [-0.4, -0.2) is 35.6 Å². The van der Waals surface area contributed by atoms with Crippen molar-refractivity contribution < 1.29 is 14.3 Å². The Morgan fingerprint density at radius 3 is 2.55 bits per heavy atom. The summed E-state index contributed by atoms with van der Waals surface area (Å²) in [5.74, 6) is -0.645. The third kappa shape index (κ3) is 3.09. The number of anilines is 1. The van der Waals surface area contributed by atoms with Gasteiger partial charge in [-0.3, -0.25) is 14.5 Å². The molecule has 6 rings (SSSR count). The Balaban J connectivity index is 1.45. The van der Waals surface area contributed by atoms with Gasteiger partial charge < -0.3 is 10.1 Å². The first-order valence-corrected chi connectivity index (χ1v) is 12.1. The monoisotopic (exact) mass is 442 g/mol. The molecule has 1 N–H and O–H groups in total. The van der Waals surface area contributed by atoms with Crippen LogP contribution in [0, 0.1) is 19.8 Å². The molecule has 1 aliphatic carbocycles. The zero-order chi connectivity index (χ0) is 22.7. The van der Waals surface area contributed by atoms with E-state index < -0.39 is 17.6 Å². The number of carbonyl (C=O) groups is 2. The lowest BCUT2D eigenvalue weighted by atomic mass is 9.72. The molecule has 0 aromatic heterocycles. The summed E-state index contributed by atoms with van der Waals surface area (Å²) in [6.45, 7) is 4.07. The van der Waals surface area contributed by atoms with Crippen LogP contribution in [0.4, 0.5) is 5.69 Å². The lowest BCUT2D eigenvalue weighted by Gasteiger charge is -2.33. The van der Waals surface area contributed by atoms with Gasteiger partial charge >= 0.3 is 0 Å². The average Bonchev–Trinajstić information content (AvgIpc) is 3.56. The summed E-state index contributed by atoms with van der Waals surface area (Å²) in [4.78, 5) is 29.6. The molecule has 2 saturated heterocycles. The topological polar surface area (TPSA) is 58.6 Å². The fourth-order valence-electron chi connectivity index (χ4n) is 6.45. The van der Waals surface area contributed by atoms with Crippen molar-refractivity contribution in [1.29, 1.82) is 0 Å². The van der Waals surface area contributed by atoms with Crippen LogP contribution in [0.5, 0.6) is 0 Å². The molecule has 0 radical (unpaired) electrons. The van der Waals surface area contributed by atoms with Crippen molar-refractivity contribution in [3.8, 4) is 0 Å². The second-order valence-electron chi connectivity index (χ2n) is 10.1. The lowest BCUT2D eigenvalue weighted by Crippen LogP contribution is -2.56. The molecule has 5 atom stereocenters. The Hall–Kier alpha value is -2.92. The third-order valence-electron chi connectivity index (χ3n) is 7.97. The van der Waals surface area contributed by atoms with Gasteiger partial charge in [-0.15, -0.1) is 0 Å². The Morgan fingerprint density at radius 2 is 1.82 bits per heavy atom. The van der Waals surface area contributed by atoms with Crippen LogP contribution in [-0.2, 0) is 14.3 Å². The number of benzene rings is 2. The molecule has 3 fully saturated rings. The highest BCUT2D eigenvalue weighted by atomic mass is 16.5. The van der Waals surface area contributed by atoms with Crippen LogP contribution in [0.25, 0.3) is 0 Å². The van der Waals surface area contributed by atoms with E-state index in [-0.39, 0.29) is 29.9 Å². The van der Waals surface area contributed by atoms with Crippen molar-refractivity contribution in [2.24, 2.45) is 5.92 Å². The van der Waals surface area contributed by atoms with E-state index in [0.717, 1.165) is 42.5 Å². The van der Waals surface area contributed by atoms with Gasteiger partial charge in [0, 0.05) is 17.6 Å². The predicted octanol–water partition coefficient (Wildman–Crippen LogP) is 4.18. The van der Waals surface area contributed by atoms with Crippen LogP contribution < -0.4 is 10.2 Å². The zero-order valence-corrected chi connectivity index (χ0v) is 19.2. The van der Waals surface area contributed by atoms with E-state index in [4.69, 9.17) is 4.74 Å². The Kier molecular flexibility index (Phi) is 4.73. The quantitative estimate of drug-likeness (QED) is 0.723. The average molecular weight is 443 g/mol. The van der Waals surface area contributed by atoms with Gasteiger partial charge in [-0.2, -0.15) is 0 Å². The smallest absolute Gasteiger partial charge is 0.246 e. The van der Waals surface area contributed by atoms with Crippen molar-refractivity contribution in [3.05, 3.63) is 77.4 Å².